The fourth-order valence-electron chi connectivity index (χ4n) is 1.83. The van der Waals surface area contributed by atoms with Crippen LogP contribution >= 0.6 is 0 Å². The lowest BCUT2D eigenvalue weighted by atomic mass is 9.80. The minimum absolute atomic E-state index is 0.0611. The van der Waals surface area contributed by atoms with E-state index in [4.69, 9.17) is 4.74 Å². The van der Waals surface area contributed by atoms with Gasteiger partial charge in [-0.15, -0.1) is 0 Å². The van der Waals surface area contributed by atoms with Crippen LogP contribution in [0.5, 0.6) is 0 Å². The number of methoxy groups -OCH3 is 1. The SMILES string of the molecule is COC(=O)C1=C(C(C)(C)C)CCNC1. The molecule has 80 valence electrons. The van der Waals surface area contributed by atoms with Crippen molar-refractivity contribution in [2.24, 2.45) is 5.41 Å². The standard InChI is InChI=1S/C11H19NO2/c1-11(2,3)9-5-6-12-7-8(9)10(13)14-4/h12H,5-7H2,1-4H3. The highest BCUT2D eigenvalue weighted by Gasteiger charge is 2.27. The maximum absolute atomic E-state index is 11.5. The minimum Gasteiger partial charge on any atom is -0.466 e. The summed E-state index contributed by atoms with van der Waals surface area (Å²) < 4.78 is 4.78. The van der Waals surface area contributed by atoms with E-state index in [0.717, 1.165) is 18.5 Å². The molecule has 0 radical (unpaired) electrons. The number of rotatable bonds is 1. The van der Waals surface area contributed by atoms with Gasteiger partial charge in [0.2, 0.25) is 0 Å². The molecule has 14 heavy (non-hydrogen) atoms. The van der Waals surface area contributed by atoms with Gasteiger partial charge in [0.15, 0.2) is 0 Å². The van der Waals surface area contributed by atoms with Gasteiger partial charge in [0.25, 0.3) is 0 Å². The average Bonchev–Trinajstić information content (AvgIpc) is 2.15. The molecule has 0 aromatic heterocycles. The maximum atomic E-state index is 11.5. The van der Waals surface area contributed by atoms with Gasteiger partial charge in [-0.25, -0.2) is 4.79 Å². The molecule has 0 saturated carbocycles. The Morgan fingerprint density at radius 3 is 2.57 bits per heavy atom. The molecule has 1 N–H and O–H groups in total. The summed E-state index contributed by atoms with van der Waals surface area (Å²) in [5.74, 6) is -0.192. The fourth-order valence-corrected chi connectivity index (χ4v) is 1.83. The van der Waals surface area contributed by atoms with Gasteiger partial charge in [0, 0.05) is 6.54 Å². The third-order valence-corrected chi connectivity index (χ3v) is 2.55. The minimum atomic E-state index is -0.192. The second kappa shape index (κ2) is 4.13. The summed E-state index contributed by atoms with van der Waals surface area (Å²) in [4.78, 5) is 11.5. The van der Waals surface area contributed by atoms with Crippen LogP contribution in [0.15, 0.2) is 11.1 Å². The highest BCUT2D eigenvalue weighted by atomic mass is 16.5. The highest BCUT2D eigenvalue weighted by Crippen LogP contribution is 2.32. The van der Waals surface area contributed by atoms with Crippen LogP contribution in [0.2, 0.25) is 0 Å². The molecule has 1 rings (SSSR count). The van der Waals surface area contributed by atoms with E-state index in [9.17, 15) is 4.79 Å². The van der Waals surface area contributed by atoms with E-state index in [1.807, 2.05) is 0 Å². The predicted molar refractivity (Wildman–Crippen MR) is 56.0 cm³/mol. The lowest BCUT2D eigenvalue weighted by Crippen LogP contribution is -2.33. The molecular formula is C11H19NO2. The van der Waals surface area contributed by atoms with Crippen LogP contribution in [0, 0.1) is 5.41 Å². The molecule has 0 atom stereocenters. The first-order valence-corrected chi connectivity index (χ1v) is 4.98. The molecule has 1 aliphatic rings. The van der Waals surface area contributed by atoms with Crippen molar-refractivity contribution in [2.45, 2.75) is 27.2 Å². The molecule has 1 aliphatic heterocycles. The zero-order valence-corrected chi connectivity index (χ0v) is 9.44. The first kappa shape index (κ1) is 11.2. The molecule has 0 saturated heterocycles. The van der Waals surface area contributed by atoms with Gasteiger partial charge in [-0.2, -0.15) is 0 Å². The normalized spacial score (nSPS) is 18.3. The van der Waals surface area contributed by atoms with Gasteiger partial charge in [-0.05, 0) is 18.4 Å². The first-order valence-electron chi connectivity index (χ1n) is 4.98. The molecule has 0 aromatic rings. The summed E-state index contributed by atoms with van der Waals surface area (Å²) in [5, 5.41) is 3.19. The lowest BCUT2D eigenvalue weighted by Gasteiger charge is -2.29. The zero-order valence-electron chi connectivity index (χ0n) is 9.44. The van der Waals surface area contributed by atoms with Gasteiger partial charge in [0.1, 0.15) is 0 Å². The smallest absolute Gasteiger partial charge is 0.335 e. The molecule has 0 unspecified atom stereocenters. The Kier molecular flexibility index (Phi) is 3.32. The van der Waals surface area contributed by atoms with Crippen LogP contribution in [-0.2, 0) is 9.53 Å². The molecule has 0 spiro atoms. The van der Waals surface area contributed by atoms with Crippen LogP contribution in [0.4, 0.5) is 0 Å². The van der Waals surface area contributed by atoms with Crippen LogP contribution in [0.25, 0.3) is 0 Å². The van der Waals surface area contributed by atoms with Gasteiger partial charge in [0.05, 0.1) is 12.7 Å². The van der Waals surface area contributed by atoms with Crippen LogP contribution in [0.1, 0.15) is 27.2 Å². The number of ether oxygens (including phenoxy) is 1. The van der Waals surface area contributed by atoms with E-state index in [1.54, 1.807) is 0 Å². The summed E-state index contributed by atoms with van der Waals surface area (Å²) in [6.07, 6.45) is 0.938. The van der Waals surface area contributed by atoms with Crippen molar-refractivity contribution in [2.75, 3.05) is 20.2 Å². The van der Waals surface area contributed by atoms with Crippen LogP contribution < -0.4 is 5.32 Å². The van der Waals surface area contributed by atoms with Crippen LogP contribution in [-0.4, -0.2) is 26.2 Å². The number of carbonyl (C=O) groups excluding carboxylic acids is 1. The molecule has 1 heterocycles. The van der Waals surface area contributed by atoms with Crippen molar-refractivity contribution in [3.63, 3.8) is 0 Å². The van der Waals surface area contributed by atoms with E-state index in [1.165, 1.54) is 12.7 Å². The van der Waals surface area contributed by atoms with Crippen molar-refractivity contribution in [1.82, 2.24) is 5.32 Å². The Morgan fingerprint density at radius 1 is 1.43 bits per heavy atom. The quantitative estimate of drug-likeness (QED) is 0.647. The predicted octanol–water partition coefficient (Wildman–Crippen LogP) is 1.50. The molecule has 3 nitrogen and oxygen atoms in total. The lowest BCUT2D eigenvalue weighted by molar-refractivity contribution is -0.136. The Bertz CT molecular complexity index is 261. The molecule has 0 amide bonds. The van der Waals surface area contributed by atoms with Crippen molar-refractivity contribution in [3.05, 3.63) is 11.1 Å². The van der Waals surface area contributed by atoms with Gasteiger partial charge in [-0.1, -0.05) is 26.3 Å². The summed E-state index contributed by atoms with van der Waals surface area (Å²) in [6.45, 7) is 8.00. The van der Waals surface area contributed by atoms with Gasteiger partial charge in [-0.3, -0.25) is 0 Å². The van der Waals surface area contributed by atoms with Crippen molar-refractivity contribution < 1.29 is 9.53 Å². The second-order valence-electron chi connectivity index (χ2n) is 4.63. The highest BCUT2D eigenvalue weighted by molar-refractivity contribution is 5.90. The summed E-state index contributed by atoms with van der Waals surface area (Å²) >= 11 is 0. The summed E-state index contributed by atoms with van der Waals surface area (Å²) in [7, 11) is 1.43. The van der Waals surface area contributed by atoms with E-state index in [2.05, 4.69) is 26.1 Å². The molecule has 3 heteroatoms. The number of hydrogen-bond acceptors (Lipinski definition) is 3. The number of esters is 1. The largest absolute Gasteiger partial charge is 0.466 e. The third kappa shape index (κ3) is 2.35. The van der Waals surface area contributed by atoms with Crippen molar-refractivity contribution >= 4 is 5.97 Å². The molecule has 0 bridgehead atoms. The molecular weight excluding hydrogens is 178 g/mol. The Morgan fingerprint density at radius 2 is 2.07 bits per heavy atom. The van der Waals surface area contributed by atoms with E-state index in [0.29, 0.717) is 6.54 Å². The van der Waals surface area contributed by atoms with E-state index in [-0.39, 0.29) is 11.4 Å². The summed E-state index contributed by atoms with van der Waals surface area (Å²) in [6, 6.07) is 0. The Balaban J connectivity index is 3.03. The molecule has 0 fully saturated rings. The topological polar surface area (TPSA) is 38.3 Å². The maximum Gasteiger partial charge on any atom is 0.335 e. The number of nitrogens with one attached hydrogen (secondary N) is 1. The second-order valence-corrected chi connectivity index (χ2v) is 4.63. The monoisotopic (exact) mass is 197 g/mol. The summed E-state index contributed by atoms with van der Waals surface area (Å²) in [5.41, 5.74) is 2.10. The van der Waals surface area contributed by atoms with E-state index < -0.39 is 0 Å². The zero-order chi connectivity index (χ0) is 10.8. The molecule has 0 aliphatic carbocycles. The van der Waals surface area contributed by atoms with Crippen molar-refractivity contribution in [3.8, 4) is 0 Å². The van der Waals surface area contributed by atoms with E-state index >= 15 is 0 Å². The van der Waals surface area contributed by atoms with Crippen molar-refractivity contribution in [1.29, 1.82) is 0 Å². The molecule has 0 aromatic carbocycles. The van der Waals surface area contributed by atoms with Gasteiger partial charge < -0.3 is 10.1 Å². The number of carbonyl (C=O) groups is 1. The van der Waals surface area contributed by atoms with Crippen LogP contribution in [0.3, 0.4) is 0 Å². The fraction of sp³-hybridized carbons (Fsp3) is 0.727. The van der Waals surface area contributed by atoms with Gasteiger partial charge >= 0.3 is 5.97 Å². The Labute approximate surface area is 85.5 Å². The third-order valence-electron chi connectivity index (χ3n) is 2.55. The first-order chi connectivity index (χ1) is 6.46. The number of hydrogen-bond donors (Lipinski definition) is 1. The average molecular weight is 197 g/mol. The Hall–Kier alpha value is -0.830.